The van der Waals surface area contributed by atoms with Crippen molar-refractivity contribution in [1.29, 1.82) is 0 Å². The standard InChI is InChI=1S/C22H22N2O/c25-22(23-17-7-10-18-8-3-1-4-9-18)24-21-15-13-20(14-16-21)19-11-5-2-6-12-19/h1-6,8-9,11-16H,7,10,17H2,(H2,23,24,25). The quantitative estimate of drug-likeness (QED) is 0.606. The largest absolute Gasteiger partial charge is 0.338 e. The molecule has 0 aliphatic carbocycles. The number of hydrogen-bond acceptors (Lipinski definition) is 1. The first-order valence-corrected chi connectivity index (χ1v) is 8.55. The van der Waals surface area contributed by atoms with Crippen LogP contribution in [0.25, 0.3) is 11.1 Å². The van der Waals surface area contributed by atoms with Gasteiger partial charge in [-0.2, -0.15) is 0 Å². The van der Waals surface area contributed by atoms with E-state index in [1.807, 2.05) is 60.7 Å². The summed E-state index contributed by atoms with van der Waals surface area (Å²) in [5, 5.41) is 5.77. The molecule has 0 unspecified atom stereocenters. The molecule has 0 radical (unpaired) electrons. The van der Waals surface area contributed by atoms with Crippen molar-refractivity contribution in [3.8, 4) is 11.1 Å². The summed E-state index contributed by atoms with van der Waals surface area (Å²) in [7, 11) is 0. The maximum Gasteiger partial charge on any atom is 0.319 e. The summed E-state index contributed by atoms with van der Waals surface area (Å²) < 4.78 is 0. The Balaban J connectivity index is 1.43. The fourth-order valence-electron chi connectivity index (χ4n) is 2.69. The van der Waals surface area contributed by atoms with Crippen LogP contribution in [0.4, 0.5) is 10.5 Å². The van der Waals surface area contributed by atoms with Crippen molar-refractivity contribution in [2.24, 2.45) is 0 Å². The second kappa shape index (κ2) is 8.69. The van der Waals surface area contributed by atoms with E-state index in [4.69, 9.17) is 0 Å². The summed E-state index contributed by atoms with van der Waals surface area (Å²) in [4.78, 5) is 12.0. The highest BCUT2D eigenvalue weighted by Gasteiger charge is 2.02. The zero-order valence-corrected chi connectivity index (χ0v) is 14.1. The summed E-state index contributed by atoms with van der Waals surface area (Å²) >= 11 is 0. The fraction of sp³-hybridized carbons (Fsp3) is 0.136. The molecule has 3 nitrogen and oxygen atoms in total. The van der Waals surface area contributed by atoms with Crippen LogP contribution in [0.5, 0.6) is 0 Å². The topological polar surface area (TPSA) is 41.1 Å². The average Bonchev–Trinajstić information content (AvgIpc) is 2.67. The molecule has 0 atom stereocenters. The molecule has 2 N–H and O–H groups in total. The number of benzene rings is 3. The first-order chi connectivity index (χ1) is 12.3. The van der Waals surface area contributed by atoms with E-state index >= 15 is 0 Å². The summed E-state index contributed by atoms with van der Waals surface area (Å²) in [5.41, 5.74) is 4.38. The lowest BCUT2D eigenvalue weighted by molar-refractivity contribution is 0.252. The van der Waals surface area contributed by atoms with Gasteiger partial charge < -0.3 is 10.6 Å². The zero-order chi connectivity index (χ0) is 17.3. The summed E-state index contributed by atoms with van der Waals surface area (Å²) in [6, 6.07) is 28.2. The number of urea groups is 1. The molecule has 0 saturated heterocycles. The number of carbonyl (C=O) groups excluding carboxylic acids is 1. The molecule has 0 aliphatic heterocycles. The molecule has 0 bridgehead atoms. The van der Waals surface area contributed by atoms with Gasteiger partial charge >= 0.3 is 6.03 Å². The smallest absolute Gasteiger partial charge is 0.319 e. The van der Waals surface area contributed by atoms with E-state index in [1.165, 1.54) is 11.1 Å². The normalized spacial score (nSPS) is 10.2. The van der Waals surface area contributed by atoms with Crippen molar-refractivity contribution in [1.82, 2.24) is 5.32 Å². The van der Waals surface area contributed by atoms with Crippen molar-refractivity contribution < 1.29 is 4.79 Å². The molecule has 3 aromatic carbocycles. The lowest BCUT2D eigenvalue weighted by Crippen LogP contribution is -2.29. The van der Waals surface area contributed by atoms with Crippen LogP contribution in [0.1, 0.15) is 12.0 Å². The number of hydrogen-bond donors (Lipinski definition) is 2. The second-order valence-corrected chi connectivity index (χ2v) is 5.91. The average molecular weight is 330 g/mol. The van der Waals surface area contributed by atoms with E-state index in [-0.39, 0.29) is 6.03 Å². The van der Waals surface area contributed by atoms with E-state index in [1.54, 1.807) is 0 Å². The van der Waals surface area contributed by atoms with E-state index in [9.17, 15) is 4.79 Å². The highest BCUT2D eigenvalue weighted by atomic mass is 16.2. The summed E-state index contributed by atoms with van der Waals surface area (Å²) in [6.45, 7) is 0.656. The van der Waals surface area contributed by atoms with Gasteiger partial charge in [0, 0.05) is 12.2 Å². The van der Waals surface area contributed by atoms with Crippen molar-refractivity contribution in [3.05, 3.63) is 90.5 Å². The van der Waals surface area contributed by atoms with Crippen molar-refractivity contribution >= 4 is 11.7 Å². The van der Waals surface area contributed by atoms with Crippen molar-refractivity contribution in [2.45, 2.75) is 12.8 Å². The van der Waals surface area contributed by atoms with Crippen LogP contribution in [0, 0.1) is 0 Å². The molecular weight excluding hydrogens is 308 g/mol. The van der Waals surface area contributed by atoms with Gasteiger partial charge in [-0.3, -0.25) is 0 Å². The Hall–Kier alpha value is -3.07. The van der Waals surface area contributed by atoms with Crippen LogP contribution >= 0.6 is 0 Å². The molecular formula is C22H22N2O. The molecule has 0 fully saturated rings. The molecule has 0 aromatic heterocycles. The van der Waals surface area contributed by atoms with Gasteiger partial charge in [0.05, 0.1) is 0 Å². The van der Waals surface area contributed by atoms with Crippen LogP contribution in [0.3, 0.4) is 0 Å². The minimum atomic E-state index is -0.166. The molecule has 3 aromatic rings. The van der Waals surface area contributed by atoms with E-state index in [0.717, 1.165) is 24.1 Å². The second-order valence-electron chi connectivity index (χ2n) is 5.91. The number of carbonyl (C=O) groups is 1. The van der Waals surface area contributed by atoms with Crippen LogP contribution in [0.2, 0.25) is 0 Å². The Morgan fingerprint density at radius 2 is 1.32 bits per heavy atom. The minimum absolute atomic E-state index is 0.166. The van der Waals surface area contributed by atoms with Gasteiger partial charge in [-0.1, -0.05) is 72.8 Å². The molecule has 2 amide bonds. The maximum absolute atomic E-state index is 12.0. The van der Waals surface area contributed by atoms with Gasteiger partial charge in [-0.05, 0) is 41.7 Å². The van der Waals surface area contributed by atoms with Gasteiger partial charge in [0.1, 0.15) is 0 Å². The molecule has 126 valence electrons. The minimum Gasteiger partial charge on any atom is -0.338 e. The highest BCUT2D eigenvalue weighted by molar-refractivity contribution is 5.89. The Morgan fingerprint density at radius 1 is 0.720 bits per heavy atom. The van der Waals surface area contributed by atoms with Gasteiger partial charge in [0.25, 0.3) is 0 Å². The Labute approximate surface area is 148 Å². The predicted molar refractivity (Wildman–Crippen MR) is 104 cm³/mol. The predicted octanol–water partition coefficient (Wildman–Crippen LogP) is 5.11. The van der Waals surface area contributed by atoms with Crippen LogP contribution < -0.4 is 10.6 Å². The monoisotopic (exact) mass is 330 g/mol. The lowest BCUT2D eigenvalue weighted by Gasteiger charge is -2.09. The van der Waals surface area contributed by atoms with Crippen LogP contribution in [-0.2, 0) is 6.42 Å². The SMILES string of the molecule is O=C(NCCCc1ccccc1)Nc1ccc(-c2ccccc2)cc1. The number of anilines is 1. The first kappa shape index (κ1) is 16.8. The molecule has 3 heteroatoms. The maximum atomic E-state index is 12.0. The Bertz CT molecular complexity index is 783. The molecule has 0 spiro atoms. The number of nitrogens with one attached hydrogen (secondary N) is 2. The van der Waals surface area contributed by atoms with Gasteiger partial charge in [0.15, 0.2) is 0 Å². The zero-order valence-electron chi connectivity index (χ0n) is 14.1. The molecule has 0 aliphatic rings. The van der Waals surface area contributed by atoms with Crippen LogP contribution in [0.15, 0.2) is 84.9 Å². The van der Waals surface area contributed by atoms with Gasteiger partial charge in [0.2, 0.25) is 0 Å². The number of amides is 2. The third kappa shape index (κ3) is 5.21. The van der Waals surface area contributed by atoms with Gasteiger partial charge in [-0.25, -0.2) is 4.79 Å². The first-order valence-electron chi connectivity index (χ1n) is 8.55. The molecule has 25 heavy (non-hydrogen) atoms. The third-order valence-corrected chi connectivity index (χ3v) is 4.02. The molecule has 3 rings (SSSR count). The fourth-order valence-corrected chi connectivity index (χ4v) is 2.69. The Morgan fingerprint density at radius 3 is 2.00 bits per heavy atom. The third-order valence-electron chi connectivity index (χ3n) is 4.02. The molecule has 0 heterocycles. The van der Waals surface area contributed by atoms with E-state index < -0.39 is 0 Å². The Kier molecular flexibility index (Phi) is 5.83. The van der Waals surface area contributed by atoms with Crippen molar-refractivity contribution in [2.75, 3.05) is 11.9 Å². The summed E-state index contributed by atoms with van der Waals surface area (Å²) in [6.07, 6.45) is 1.89. The highest BCUT2D eigenvalue weighted by Crippen LogP contribution is 2.20. The lowest BCUT2D eigenvalue weighted by atomic mass is 10.1. The number of rotatable bonds is 6. The van der Waals surface area contributed by atoms with E-state index in [0.29, 0.717) is 6.54 Å². The van der Waals surface area contributed by atoms with E-state index in [2.05, 4.69) is 34.9 Å². The van der Waals surface area contributed by atoms with Crippen LogP contribution in [-0.4, -0.2) is 12.6 Å². The van der Waals surface area contributed by atoms with Gasteiger partial charge in [-0.15, -0.1) is 0 Å². The van der Waals surface area contributed by atoms with Crippen molar-refractivity contribution in [3.63, 3.8) is 0 Å². The number of aryl methyl sites for hydroxylation is 1. The molecule has 0 saturated carbocycles. The summed E-state index contributed by atoms with van der Waals surface area (Å²) in [5.74, 6) is 0.